The molecule has 0 fully saturated rings. The summed E-state index contributed by atoms with van der Waals surface area (Å²) in [5, 5.41) is 12.0. The maximum Gasteiger partial charge on any atom is 0.344 e. The molecule has 3 heterocycles. The van der Waals surface area contributed by atoms with Gasteiger partial charge in [0, 0.05) is 0 Å². The molecule has 0 saturated heterocycles. The Morgan fingerprint density at radius 2 is 1.91 bits per heavy atom. The molecule has 0 radical (unpaired) electrons. The molecule has 4 aromatic rings. The van der Waals surface area contributed by atoms with Crippen LogP contribution in [0.5, 0.6) is 0 Å². The number of rotatable bonds is 7. The number of aryl methyl sites for hydroxylation is 1. The highest BCUT2D eigenvalue weighted by molar-refractivity contribution is 8.00. The summed E-state index contributed by atoms with van der Waals surface area (Å²) in [6.07, 6.45) is 0. The van der Waals surface area contributed by atoms with Crippen molar-refractivity contribution in [2.75, 3.05) is 11.9 Å². The number of ether oxygens (including phenoxy) is 1. The van der Waals surface area contributed by atoms with Crippen molar-refractivity contribution in [2.45, 2.75) is 38.1 Å². The molecule has 0 saturated carbocycles. The molecule has 1 N–H and O–H groups in total. The number of furan rings is 1. The molecule has 0 bridgehead atoms. The van der Waals surface area contributed by atoms with Gasteiger partial charge in [0.1, 0.15) is 11.3 Å². The number of carbonyl (C=O) groups is 3. The predicted molar refractivity (Wildman–Crippen MR) is 124 cm³/mol. The Kier molecular flexibility index (Phi) is 6.19. The number of pyridine rings is 1. The molecule has 170 valence electrons. The first kappa shape index (κ1) is 22.5. The van der Waals surface area contributed by atoms with Crippen LogP contribution < -0.4 is 5.32 Å². The Morgan fingerprint density at radius 3 is 2.64 bits per heavy atom. The van der Waals surface area contributed by atoms with Gasteiger partial charge >= 0.3 is 5.97 Å². The van der Waals surface area contributed by atoms with Crippen LogP contribution in [0.15, 0.2) is 46.0 Å². The molecule has 3 aromatic heterocycles. The van der Waals surface area contributed by atoms with E-state index in [2.05, 4.69) is 15.5 Å². The number of ketones is 1. The minimum Gasteiger partial charge on any atom is -0.462 e. The summed E-state index contributed by atoms with van der Waals surface area (Å²) in [4.78, 5) is 37.5. The molecule has 0 aliphatic rings. The third-order valence-corrected chi connectivity index (χ3v) is 6.09. The molecule has 1 atom stereocenters. The molecule has 33 heavy (non-hydrogen) atoms. The number of hydrogen-bond donors (Lipinski definition) is 1. The second kappa shape index (κ2) is 9.07. The van der Waals surface area contributed by atoms with E-state index in [1.165, 1.54) is 18.7 Å². The summed E-state index contributed by atoms with van der Waals surface area (Å²) < 4.78 is 12.5. The third kappa shape index (κ3) is 4.21. The van der Waals surface area contributed by atoms with Crippen LogP contribution >= 0.6 is 11.8 Å². The van der Waals surface area contributed by atoms with Gasteiger partial charge < -0.3 is 9.15 Å². The largest absolute Gasteiger partial charge is 0.462 e. The fourth-order valence-electron chi connectivity index (χ4n) is 3.57. The number of aromatic nitrogens is 3. The van der Waals surface area contributed by atoms with Crippen molar-refractivity contribution < 1.29 is 23.5 Å². The molecular formula is C23H22N4O5S. The van der Waals surface area contributed by atoms with Gasteiger partial charge in [-0.2, -0.15) is 0 Å². The number of esters is 1. The number of amides is 1. The van der Waals surface area contributed by atoms with E-state index in [0.29, 0.717) is 10.8 Å². The van der Waals surface area contributed by atoms with Crippen LogP contribution in [0.3, 0.4) is 0 Å². The zero-order valence-corrected chi connectivity index (χ0v) is 19.4. The SMILES string of the molecule is CCOC(=O)c1c(NC(=O)C(C)Sc2nnc3ccc4ccccc4n23)oc(C)c1C(C)=O. The first-order chi connectivity index (χ1) is 15.8. The number of Topliss-reactive ketones (excluding diaryl/α,β-unsaturated/α-hetero) is 1. The number of thioether (sulfide) groups is 1. The van der Waals surface area contributed by atoms with Crippen molar-refractivity contribution in [1.82, 2.24) is 14.6 Å². The van der Waals surface area contributed by atoms with Crippen LogP contribution in [0.2, 0.25) is 0 Å². The normalized spacial score (nSPS) is 12.1. The Morgan fingerprint density at radius 1 is 1.15 bits per heavy atom. The molecule has 0 spiro atoms. The lowest BCUT2D eigenvalue weighted by Crippen LogP contribution is -2.24. The summed E-state index contributed by atoms with van der Waals surface area (Å²) in [7, 11) is 0. The van der Waals surface area contributed by atoms with Gasteiger partial charge in [0.2, 0.25) is 11.8 Å². The minimum atomic E-state index is -0.731. The monoisotopic (exact) mass is 466 g/mol. The zero-order chi connectivity index (χ0) is 23.7. The average Bonchev–Trinajstić information content (AvgIpc) is 3.34. The van der Waals surface area contributed by atoms with Crippen LogP contribution in [0.4, 0.5) is 5.88 Å². The molecule has 10 heteroatoms. The van der Waals surface area contributed by atoms with E-state index in [4.69, 9.17) is 9.15 Å². The van der Waals surface area contributed by atoms with Gasteiger partial charge in [0.25, 0.3) is 0 Å². The average molecular weight is 467 g/mol. The highest BCUT2D eigenvalue weighted by Gasteiger charge is 2.30. The van der Waals surface area contributed by atoms with Crippen molar-refractivity contribution in [3.8, 4) is 0 Å². The van der Waals surface area contributed by atoms with E-state index in [1.54, 1.807) is 20.8 Å². The van der Waals surface area contributed by atoms with Gasteiger partial charge in [0.05, 0.1) is 22.9 Å². The van der Waals surface area contributed by atoms with Crippen LogP contribution in [0.25, 0.3) is 16.6 Å². The third-order valence-electron chi connectivity index (χ3n) is 5.05. The van der Waals surface area contributed by atoms with Gasteiger partial charge in [-0.25, -0.2) is 4.79 Å². The summed E-state index contributed by atoms with van der Waals surface area (Å²) in [5.74, 6) is -1.39. The Labute approximate surface area is 193 Å². The molecule has 9 nitrogen and oxygen atoms in total. The fourth-order valence-corrected chi connectivity index (χ4v) is 4.44. The van der Waals surface area contributed by atoms with Gasteiger partial charge in [-0.05, 0) is 51.3 Å². The number of nitrogens with zero attached hydrogens (tertiary/aromatic N) is 3. The highest BCUT2D eigenvalue weighted by atomic mass is 32.2. The second-order valence-corrected chi connectivity index (χ2v) is 8.64. The van der Waals surface area contributed by atoms with Crippen LogP contribution in [0, 0.1) is 6.92 Å². The lowest BCUT2D eigenvalue weighted by atomic mass is 10.1. The first-order valence-corrected chi connectivity index (χ1v) is 11.2. The van der Waals surface area contributed by atoms with E-state index in [9.17, 15) is 14.4 Å². The van der Waals surface area contributed by atoms with E-state index >= 15 is 0 Å². The lowest BCUT2D eigenvalue weighted by Gasteiger charge is -2.11. The Balaban J connectivity index is 1.62. The van der Waals surface area contributed by atoms with E-state index in [-0.39, 0.29) is 35.2 Å². The van der Waals surface area contributed by atoms with Gasteiger partial charge in [-0.15, -0.1) is 10.2 Å². The molecule has 0 aliphatic carbocycles. The van der Waals surface area contributed by atoms with Crippen LogP contribution in [-0.2, 0) is 9.53 Å². The maximum absolute atomic E-state index is 13.0. The van der Waals surface area contributed by atoms with Crippen molar-refractivity contribution >= 4 is 51.9 Å². The minimum absolute atomic E-state index is 0.0775. The number of nitrogens with one attached hydrogen (secondary N) is 1. The van der Waals surface area contributed by atoms with Gasteiger partial charge in [0.15, 0.2) is 16.6 Å². The first-order valence-electron chi connectivity index (χ1n) is 10.3. The standard InChI is InChI=1S/C23H22N4O5S/c1-5-31-22(30)19-18(12(2)28)13(3)32-21(19)24-20(29)14(4)33-23-26-25-17-11-10-15-8-6-7-9-16(15)27(17)23/h6-11,14H,5H2,1-4H3,(H,24,29). The molecule has 0 aliphatic heterocycles. The topological polar surface area (TPSA) is 116 Å². The Hall–Kier alpha value is -3.66. The molecule has 1 unspecified atom stereocenters. The highest BCUT2D eigenvalue weighted by Crippen LogP contribution is 2.31. The summed E-state index contributed by atoms with van der Waals surface area (Å²) in [5.41, 5.74) is 1.61. The number of carbonyl (C=O) groups excluding carboxylic acids is 3. The van der Waals surface area contributed by atoms with Gasteiger partial charge in [-0.3, -0.25) is 19.3 Å². The van der Waals surface area contributed by atoms with E-state index < -0.39 is 17.1 Å². The number of fused-ring (bicyclic) bond motifs is 3. The number of anilines is 1. The zero-order valence-electron chi connectivity index (χ0n) is 18.5. The second-order valence-electron chi connectivity index (χ2n) is 7.33. The van der Waals surface area contributed by atoms with Crippen molar-refractivity contribution in [3.63, 3.8) is 0 Å². The van der Waals surface area contributed by atoms with Crippen molar-refractivity contribution in [3.05, 3.63) is 53.3 Å². The quantitative estimate of drug-likeness (QED) is 0.244. The lowest BCUT2D eigenvalue weighted by molar-refractivity contribution is -0.115. The molecular weight excluding hydrogens is 444 g/mol. The smallest absolute Gasteiger partial charge is 0.344 e. The van der Waals surface area contributed by atoms with Crippen LogP contribution in [-0.4, -0.2) is 44.1 Å². The molecule has 1 amide bonds. The van der Waals surface area contributed by atoms with Crippen LogP contribution in [0.1, 0.15) is 47.2 Å². The van der Waals surface area contributed by atoms with Gasteiger partial charge in [-0.1, -0.05) is 30.0 Å². The van der Waals surface area contributed by atoms with Crippen molar-refractivity contribution in [2.24, 2.45) is 0 Å². The number of benzene rings is 1. The summed E-state index contributed by atoms with van der Waals surface area (Å²) >= 11 is 1.22. The summed E-state index contributed by atoms with van der Waals surface area (Å²) in [6, 6.07) is 11.7. The summed E-state index contributed by atoms with van der Waals surface area (Å²) in [6.45, 7) is 6.36. The van der Waals surface area contributed by atoms with E-state index in [1.807, 2.05) is 40.8 Å². The molecule has 4 rings (SSSR count). The molecule has 1 aromatic carbocycles. The van der Waals surface area contributed by atoms with E-state index in [0.717, 1.165) is 10.9 Å². The van der Waals surface area contributed by atoms with Crippen molar-refractivity contribution in [1.29, 1.82) is 0 Å². The number of para-hydroxylation sites is 1. The predicted octanol–water partition coefficient (Wildman–Crippen LogP) is 4.28. The fraction of sp³-hybridized carbons (Fsp3) is 0.261. The number of hydrogen-bond acceptors (Lipinski definition) is 8. The maximum atomic E-state index is 13.0. The Bertz CT molecular complexity index is 1390.